The number of benzene rings is 1. The molecule has 9 heteroatoms. The predicted octanol–water partition coefficient (Wildman–Crippen LogP) is 3.26. The molecule has 3 rings (SSSR count). The summed E-state index contributed by atoms with van der Waals surface area (Å²) >= 11 is 0. The summed E-state index contributed by atoms with van der Waals surface area (Å²) in [6, 6.07) is 7.63. The second-order valence-electron chi connectivity index (χ2n) is 9.13. The quantitative estimate of drug-likeness (QED) is 0.782. The molecule has 2 aromatic rings. The number of aryl methyl sites for hydroxylation is 2. The minimum atomic E-state index is -3.66. The maximum atomic E-state index is 13.2. The van der Waals surface area contributed by atoms with Crippen molar-refractivity contribution in [2.45, 2.75) is 51.3 Å². The molecule has 8 nitrogen and oxygen atoms in total. The molecule has 2 heterocycles. The van der Waals surface area contributed by atoms with Crippen molar-refractivity contribution in [1.82, 2.24) is 19.0 Å². The van der Waals surface area contributed by atoms with Gasteiger partial charge in [0, 0.05) is 38.9 Å². The van der Waals surface area contributed by atoms with E-state index in [4.69, 9.17) is 0 Å². The Kier molecular flexibility index (Phi) is 6.48. The number of amides is 2. The Hall–Kier alpha value is -2.39. The maximum Gasteiger partial charge on any atom is 0.321 e. The number of carbonyl (C=O) groups is 1. The molecule has 0 aliphatic carbocycles. The molecular weight excluding hydrogens is 414 g/mol. The van der Waals surface area contributed by atoms with Gasteiger partial charge in [0.25, 0.3) is 0 Å². The molecule has 1 aromatic heterocycles. The summed E-state index contributed by atoms with van der Waals surface area (Å²) in [6.45, 7) is 11.4. The lowest BCUT2D eigenvalue weighted by molar-refractivity contribution is 0.214. The molecule has 1 aliphatic rings. The van der Waals surface area contributed by atoms with Gasteiger partial charge in [-0.2, -0.15) is 9.40 Å². The monoisotopic (exact) mass is 447 g/mol. The van der Waals surface area contributed by atoms with Crippen molar-refractivity contribution in [1.29, 1.82) is 0 Å². The Morgan fingerprint density at radius 2 is 1.68 bits per heavy atom. The summed E-state index contributed by atoms with van der Waals surface area (Å²) in [5, 5.41) is 7.17. The van der Waals surface area contributed by atoms with Crippen LogP contribution in [0.25, 0.3) is 0 Å². The fourth-order valence-corrected chi connectivity index (χ4v) is 5.72. The third-order valence-electron chi connectivity index (χ3n) is 5.78. The molecule has 170 valence electrons. The number of anilines is 1. The van der Waals surface area contributed by atoms with Crippen molar-refractivity contribution < 1.29 is 13.2 Å². The molecule has 0 radical (unpaired) electrons. The lowest BCUT2D eigenvalue weighted by Gasteiger charge is -2.23. The van der Waals surface area contributed by atoms with Gasteiger partial charge in [0.1, 0.15) is 4.90 Å². The van der Waals surface area contributed by atoms with Gasteiger partial charge in [-0.05, 0) is 43.4 Å². The van der Waals surface area contributed by atoms with Gasteiger partial charge >= 0.3 is 6.03 Å². The van der Waals surface area contributed by atoms with Crippen molar-refractivity contribution in [2.24, 2.45) is 7.05 Å². The van der Waals surface area contributed by atoms with Gasteiger partial charge in [-0.1, -0.05) is 32.9 Å². The smallest absolute Gasteiger partial charge is 0.321 e. The third kappa shape index (κ3) is 4.93. The highest BCUT2D eigenvalue weighted by Gasteiger charge is 2.32. The minimum Gasteiger partial charge on any atom is -0.323 e. The molecule has 2 amide bonds. The first-order valence-electron chi connectivity index (χ1n) is 10.6. The van der Waals surface area contributed by atoms with Crippen molar-refractivity contribution in [3.05, 3.63) is 41.2 Å². The molecule has 0 unspecified atom stereocenters. The van der Waals surface area contributed by atoms with Crippen LogP contribution in [0.2, 0.25) is 0 Å². The number of hydrogen-bond acceptors (Lipinski definition) is 4. The van der Waals surface area contributed by atoms with Crippen LogP contribution in [-0.4, -0.2) is 59.6 Å². The summed E-state index contributed by atoms with van der Waals surface area (Å²) in [5.74, 6) is 0. The van der Waals surface area contributed by atoms with Crippen LogP contribution in [0.15, 0.2) is 29.2 Å². The highest BCUT2D eigenvalue weighted by Crippen LogP contribution is 2.25. The average Bonchev–Trinajstić information content (AvgIpc) is 2.86. The van der Waals surface area contributed by atoms with Crippen molar-refractivity contribution in [2.75, 3.05) is 31.5 Å². The number of hydrogen-bond donors (Lipinski definition) is 1. The van der Waals surface area contributed by atoms with E-state index in [0.29, 0.717) is 37.4 Å². The predicted molar refractivity (Wildman–Crippen MR) is 122 cm³/mol. The minimum absolute atomic E-state index is 0.0489. The molecule has 0 atom stereocenters. The molecule has 1 fully saturated rings. The lowest BCUT2D eigenvalue weighted by atomic mass is 9.87. The number of urea groups is 1. The zero-order chi connectivity index (χ0) is 23.0. The maximum absolute atomic E-state index is 13.2. The standard InChI is InChI=1S/C22H33N5O3S/c1-16-20(17(2)25(6)24-16)31(29,30)27-13-7-12-26(14-15-27)21(28)23-19-10-8-18(9-11-19)22(3,4)5/h8-11H,7,12-15H2,1-6H3,(H,23,28). The zero-order valence-corrected chi connectivity index (χ0v) is 20.1. The Bertz CT molecular complexity index is 1050. The number of nitrogens with zero attached hydrogens (tertiary/aromatic N) is 4. The SMILES string of the molecule is Cc1nn(C)c(C)c1S(=O)(=O)N1CCCN(C(=O)Nc2ccc(C(C)(C)C)cc2)CC1. The van der Waals surface area contributed by atoms with Crippen LogP contribution in [0.3, 0.4) is 0 Å². The number of carbonyl (C=O) groups excluding carboxylic acids is 1. The first-order valence-corrected chi connectivity index (χ1v) is 12.0. The van der Waals surface area contributed by atoms with Crippen LogP contribution in [0.4, 0.5) is 10.5 Å². The second kappa shape index (κ2) is 8.63. The van der Waals surface area contributed by atoms with E-state index in [9.17, 15) is 13.2 Å². The Morgan fingerprint density at radius 3 is 2.23 bits per heavy atom. The van der Waals surface area contributed by atoms with Crippen molar-refractivity contribution in [3.8, 4) is 0 Å². The van der Waals surface area contributed by atoms with E-state index >= 15 is 0 Å². The Morgan fingerprint density at radius 1 is 1.03 bits per heavy atom. The lowest BCUT2D eigenvalue weighted by Crippen LogP contribution is -2.39. The normalized spacial score (nSPS) is 16.3. The topological polar surface area (TPSA) is 87.5 Å². The summed E-state index contributed by atoms with van der Waals surface area (Å²) < 4.78 is 29.5. The third-order valence-corrected chi connectivity index (χ3v) is 7.94. The Labute approximate surface area is 185 Å². The van der Waals surface area contributed by atoms with Crippen LogP contribution in [-0.2, 0) is 22.5 Å². The van der Waals surface area contributed by atoms with E-state index in [2.05, 4.69) is 31.2 Å². The zero-order valence-electron chi connectivity index (χ0n) is 19.3. The van der Waals surface area contributed by atoms with E-state index in [1.165, 1.54) is 9.87 Å². The van der Waals surface area contributed by atoms with E-state index in [0.717, 1.165) is 5.69 Å². The molecule has 1 N–H and O–H groups in total. The first-order chi connectivity index (χ1) is 14.4. The second-order valence-corrected chi connectivity index (χ2v) is 11.0. The molecule has 31 heavy (non-hydrogen) atoms. The number of nitrogens with one attached hydrogen (secondary N) is 1. The average molecular weight is 448 g/mol. The van der Waals surface area contributed by atoms with E-state index in [1.807, 2.05) is 24.3 Å². The highest BCUT2D eigenvalue weighted by atomic mass is 32.2. The fraction of sp³-hybridized carbons (Fsp3) is 0.545. The summed E-state index contributed by atoms with van der Waals surface area (Å²) in [4.78, 5) is 14.7. The molecule has 0 spiro atoms. The highest BCUT2D eigenvalue weighted by molar-refractivity contribution is 7.89. The van der Waals surface area contributed by atoms with Crippen LogP contribution < -0.4 is 5.32 Å². The molecule has 1 aromatic carbocycles. The molecule has 0 saturated carbocycles. The van der Waals surface area contributed by atoms with Crippen LogP contribution in [0.5, 0.6) is 0 Å². The summed E-state index contributed by atoms with van der Waals surface area (Å²) in [5.41, 5.74) is 3.09. The van der Waals surface area contributed by atoms with E-state index in [1.54, 1.807) is 30.5 Å². The number of sulfonamides is 1. The van der Waals surface area contributed by atoms with Gasteiger partial charge in [0.05, 0.1) is 11.4 Å². The number of aromatic nitrogens is 2. The van der Waals surface area contributed by atoms with E-state index < -0.39 is 10.0 Å². The van der Waals surface area contributed by atoms with Crippen molar-refractivity contribution >= 4 is 21.7 Å². The fourth-order valence-electron chi connectivity index (χ4n) is 3.85. The van der Waals surface area contributed by atoms with Gasteiger partial charge in [-0.15, -0.1) is 0 Å². The molecule has 0 bridgehead atoms. The van der Waals surface area contributed by atoms with Gasteiger partial charge in [-0.3, -0.25) is 4.68 Å². The number of rotatable bonds is 3. The molecule has 1 aliphatic heterocycles. The van der Waals surface area contributed by atoms with Crippen molar-refractivity contribution in [3.63, 3.8) is 0 Å². The Balaban J connectivity index is 1.67. The first kappa shape index (κ1) is 23.3. The van der Waals surface area contributed by atoms with Gasteiger partial charge in [0.2, 0.25) is 10.0 Å². The van der Waals surface area contributed by atoms with Crippen LogP contribution >= 0.6 is 0 Å². The van der Waals surface area contributed by atoms with Crippen LogP contribution in [0, 0.1) is 13.8 Å². The van der Waals surface area contributed by atoms with Gasteiger partial charge in [-0.25, -0.2) is 13.2 Å². The molecular formula is C22H33N5O3S. The molecule has 1 saturated heterocycles. The largest absolute Gasteiger partial charge is 0.323 e. The van der Waals surface area contributed by atoms with E-state index in [-0.39, 0.29) is 22.9 Å². The van der Waals surface area contributed by atoms with Gasteiger partial charge < -0.3 is 10.2 Å². The van der Waals surface area contributed by atoms with Gasteiger partial charge in [0.15, 0.2) is 0 Å². The summed E-state index contributed by atoms with van der Waals surface area (Å²) in [7, 11) is -1.92. The van der Waals surface area contributed by atoms with Crippen LogP contribution in [0.1, 0.15) is 44.1 Å². The summed E-state index contributed by atoms with van der Waals surface area (Å²) in [6.07, 6.45) is 0.577.